The van der Waals surface area contributed by atoms with E-state index in [1.165, 1.54) is 0 Å². The van der Waals surface area contributed by atoms with Crippen LogP contribution in [0, 0.1) is 5.92 Å². The molecule has 0 saturated heterocycles. The Morgan fingerprint density at radius 2 is 0.769 bits per heavy atom. The highest BCUT2D eigenvalue weighted by atomic mass is 19.4. The van der Waals surface area contributed by atoms with Gasteiger partial charge in [0.1, 0.15) is 0 Å². The first-order valence-corrected chi connectivity index (χ1v) is 5.87. The summed E-state index contributed by atoms with van der Waals surface area (Å²) in [4.78, 5) is 22.2. The van der Waals surface area contributed by atoms with Crippen molar-refractivity contribution in [2.24, 2.45) is 5.92 Å². The van der Waals surface area contributed by atoms with E-state index in [4.69, 9.17) is 0 Å². The second-order valence-corrected chi connectivity index (χ2v) is 4.52. The molecule has 0 aromatic heterocycles. The quantitative estimate of drug-likeness (QED) is 0.397. The summed E-state index contributed by atoms with van der Waals surface area (Å²) in [6.45, 7) is 0.0955. The smallest absolute Gasteiger partial charge is 0.434 e. The molecule has 0 N–H and O–H groups in total. The Morgan fingerprint density at radius 1 is 0.577 bits per heavy atom. The average Bonchev–Trinajstić information content (AvgIpc) is 2.35. The summed E-state index contributed by atoms with van der Waals surface area (Å²) in [5.74, 6) is -8.34. The monoisotopic (exact) mass is 418 g/mol. The van der Waals surface area contributed by atoms with Gasteiger partial charge in [-0.3, -0.25) is 9.59 Å². The van der Waals surface area contributed by atoms with Gasteiger partial charge in [0, 0.05) is 0 Å². The van der Waals surface area contributed by atoms with Gasteiger partial charge in [0.05, 0.1) is 0 Å². The molecule has 26 heavy (non-hydrogen) atoms. The molecule has 16 heteroatoms. The number of esters is 2. The molecule has 0 heterocycles. The van der Waals surface area contributed by atoms with Crippen LogP contribution >= 0.6 is 0 Å². The Bertz CT molecular complexity index is 440. The summed E-state index contributed by atoms with van der Waals surface area (Å²) in [5.41, 5.74) is 0. The second kappa shape index (κ2) is 7.38. The minimum Gasteiger partial charge on any atom is -0.442 e. The molecule has 154 valence electrons. The van der Waals surface area contributed by atoms with Gasteiger partial charge in [-0.2, -0.15) is 52.7 Å². The molecule has 0 atom stereocenters. The normalized spacial score (nSPS) is 14.2. The van der Waals surface area contributed by atoms with Gasteiger partial charge in [-0.05, 0) is 6.92 Å². The molecule has 0 aliphatic rings. The van der Waals surface area contributed by atoms with Crippen LogP contribution in [0.1, 0.15) is 6.92 Å². The molecule has 0 spiro atoms. The van der Waals surface area contributed by atoms with Gasteiger partial charge >= 0.3 is 36.6 Å². The van der Waals surface area contributed by atoms with Crippen LogP contribution in [-0.4, -0.2) is 48.9 Å². The van der Waals surface area contributed by atoms with Crippen molar-refractivity contribution in [1.29, 1.82) is 0 Å². The minimum atomic E-state index is -6.21. The number of hydrogen-bond donors (Lipinski definition) is 0. The van der Waals surface area contributed by atoms with E-state index < -0.39 is 54.8 Å². The highest BCUT2D eigenvalue weighted by Gasteiger charge is 2.62. The standard InChI is InChI=1S/C10H6F12O4/c1-2(3(23)25-5(7(11,12)13)8(14,15)16)4(24)26-6(9(17,18)19)10(20,21)22/h2,5-6H,1H3. The van der Waals surface area contributed by atoms with Crippen LogP contribution in [0.3, 0.4) is 0 Å². The van der Waals surface area contributed by atoms with E-state index in [0.717, 1.165) is 0 Å². The van der Waals surface area contributed by atoms with E-state index in [1.54, 1.807) is 0 Å². The Morgan fingerprint density at radius 3 is 0.923 bits per heavy atom. The van der Waals surface area contributed by atoms with Gasteiger partial charge in [0.15, 0.2) is 5.92 Å². The van der Waals surface area contributed by atoms with Crippen molar-refractivity contribution in [3.63, 3.8) is 0 Å². The molecule has 0 bridgehead atoms. The molecule has 0 fully saturated rings. The fourth-order valence-corrected chi connectivity index (χ4v) is 1.17. The third-order valence-corrected chi connectivity index (χ3v) is 2.36. The van der Waals surface area contributed by atoms with Crippen molar-refractivity contribution in [2.45, 2.75) is 43.8 Å². The van der Waals surface area contributed by atoms with Gasteiger partial charge in [0.25, 0.3) is 12.2 Å². The van der Waals surface area contributed by atoms with E-state index in [0.29, 0.717) is 0 Å². The topological polar surface area (TPSA) is 52.6 Å². The molecule has 0 unspecified atom stereocenters. The van der Waals surface area contributed by atoms with Crippen molar-refractivity contribution in [2.75, 3.05) is 0 Å². The van der Waals surface area contributed by atoms with Gasteiger partial charge in [0.2, 0.25) is 0 Å². The number of hydrogen-bond acceptors (Lipinski definition) is 4. The number of carbonyl (C=O) groups is 2. The Kier molecular flexibility index (Phi) is 6.84. The summed E-state index contributed by atoms with van der Waals surface area (Å²) < 4.78 is 152. The lowest BCUT2D eigenvalue weighted by atomic mass is 10.2. The average molecular weight is 418 g/mol. The third-order valence-electron chi connectivity index (χ3n) is 2.36. The molecular weight excluding hydrogens is 412 g/mol. The Hall–Kier alpha value is -1.90. The molecular formula is C10H6F12O4. The zero-order valence-corrected chi connectivity index (χ0v) is 11.9. The fraction of sp³-hybridized carbons (Fsp3) is 0.800. The molecule has 0 radical (unpaired) electrons. The summed E-state index contributed by atoms with van der Waals surface area (Å²) >= 11 is 0. The van der Waals surface area contributed by atoms with Crippen LogP contribution in [0.2, 0.25) is 0 Å². The summed E-state index contributed by atoms with van der Waals surface area (Å²) in [5, 5.41) is 0. The highest BCUT2D eigenvalue weighted by Crippen LogP contribution is 2.38. The lowest BCUT2D eigenvalue weighted by Crippen LogP contribution is -2.49. The predicted molar refractivity (Wildman–Crippen MR) is 53.1 cm³/mol. The number of ether oxygens (including phenoxy) is 2. The first-order chi connectivity index (χ1) is 11.2. The van der Waals surface area contributed by atoms with Crippen LogP contribution in [0.25, 0.3) is 0 Å². The maximum atomic E-state index is 12.2. The van der Waals surface area contributed by atoms with Gasteiger partial charge in [-0.15, -0.1) is 0 Å². The van der Waals surface area contributed by atoms with Crippen LogP contribution in [0.4, 0.5) is 52.7 Å². The first-order valence-electron chi connectivity index (χ1n) is 5.87. The first kappa shape index (κ1) is 24.1. The highest BCUT2D eigenvalue weighted by molar-refractivity contribution is 5.94. The van der Waals surface area contributed by atoms with E-state index >= 15 is 0 Å². The van der Waals surface area contributed by atoms with Crippen LogP contribution in [0.15, 0.2) is 0 Å². The van der Waals surface area contributed by atoms with Gasteiger partial charge < -0.3 is 9.47 Å². The summed E-state index contributed by atoms with van der Waals surface area (Å²) in [6.07, 6.45) is -34.3. The summed E-state index contributed by atoms with van der Waals surface area (Å²) in [6, 6.07) is 0. The number of rotatable bonds is 4. The molecule has 0 amide bonds. The van der Waals surface area contributed by atoms with Crippen LogP contribution < -0.4 is 0 Å². The van der Waals surface area contributed by atoms with E-state index in [2.05, 4.69) is 9.47 Å². The number of carbonyl (C=O) groups excluding carboxylic acids is 2. The Labute approximate surface area is 135 Å². The largest absolute Gasteiger partial charge is 0.442 e. The van der Waals surface area contributed by atoms with E-state index in [9.17, 15) is 62.3 Å². The predicted octanol–water partition coefficient (Wildman–Crippen LogP) is 3.70. The zero-order chi connectivity index (χ0) is 21.3. The molecule has 0 saturated carbocycles. The van der Waals surface area contributed by atoms with Gasteiger partial charge in [-0.1, -0.05) is 0 Å². The van der Waals surface area contributed by atoms with Crippen LogP contribution in [0.5, 0.6) is 0 Å². The molecule has 4 nitrogen and oxygen atoms in total. The van der Waals surface area contributed by atoms with E-state index in [1.807, 2.05) is 0 Å². The summed E-state index contributed by atoms with van der Waals surface area (Å²) in [7, 11) is 0. The lowest BCUT2D eigenvalue weighted by molar-refractivity contribution is -0.317. The Balaban J connectivity index is 5.32. The van der Waals surface area contributed by atoms with Crippen molar-refractivity contribution >= 4 is 11.9 Å². The van der Waals surface area contributed by atoms with E-state index in [-0.39, 0.29) is 6.92 Å². The molecule has 0 aromatic rings. The van der Waals surface area contributed by atoms with Crippen molar-refractivity contribution in [3.05, 3.63) is 0 Å². The number of halogens is 12. The zero-order valence-electron chi connectivity index (χ0n) is 11.9. The number of alkyl halides is 12. The lowest BCUT2D eigenvalue weighted by Gasteiger charge is -2.25. The third kappa shape index (κ3) is 6.78. The maximum absolute atomic E-state index is 12.2. The van der Waals surface area contributed by atoms with Crippen molar-refractivity contribution < 1.29 is 71.7 Å². The van der Waals surface area contributed by atoms with Gasteiger partial charge in [-0.25, -0.2) is 0 Å². The SMILES string of the molecule is CC(C(=O)OC(C(F)(F)F)C(F)(F)F)C(=O)OC(C(F)(F)F)C(F)(F)F. The fourth-order valence-electron chi connectivity index (χ4n) is 1.17. The second-order valence-electron chi connectivity index (χ2n) is 4.52. The molecule has 0 aromatic carbocycles. The van der Waals surface area contributed by atoms with Crippen molar-refractivity contribution in [1.82, 2.24) is 0 Å². The molecule has 0 aliphatic carbocycles. The maximum Gasteiger partial charge on any atom is 0.434 e. The molecule has 0 rings (SSSR count). The minimum absolute atomic E-state index is 0.0955. The van der Waals surface area contributed by atoms with Crippen LogP contribution in [-0.2, 0) is 19.1 Å². The van der Waals surface area contributed by atoms with Crippen molar-refractivity contribution in [3.8, 4) is 0 Å². The molecule has 0 aliphatic heterocycles.